The molecule has 37 heavy (non-hydrogen) atoms. The molecule has 3 heterocycles. The Morgan fingerprint density at radius 2 is 1.81 bits per heavy atom. The highest BCUT2D eigenvalue weighted by atomic mass is 16.5. The highest BCUT2D eigenvalue weighted by molar-refractivity contribution is 6.07. The van der Waals surface area contributed by atoms with E-state index in [0.29, 0.717) is 24.0 Å². The number of nitrogens with one attached hydrogen (secondary N) is 1. The lowest BCUT2D eigenvalue weighted by Gasteiger charge is -2.36. The van der Waals surface area contributed by atoms with Crippen molar-refractivity contribution in [2.75, 3.05) is 44.9 Å². The van der Waals surface area contributed by atoms with Gasteiger partial charge >= 0.3 is 5.97 Å². The minimum atomic E-state index is -0.318. The average molecular weight is 517 g/mol. The fraction of sp³-hybridized carbons (Fsp3) is 0.655. The number of ether oxygens (including phenoxy) is 3. The highest BCUT2D eigenvalue weighted by Gasteiger charge is 2.29. The molecule has 2 aromatic rings. The van der Waals surface area contributed by atoms with E-state index in [4.69, 9.17) is 13.9 Å². The van der Waals surface area contributed by atoms with Crippen molar-refractivity contribution in [1.29, 1.82) is 0 Å². The second-order valence-corrected chi connectivity index (χ2v) is 10.6. The van der Waals surface area contributed by atoms with Crippen LogP contribution in [0.1, 0.15) is 87.9 Å². The number of nitrogens with zero attached hydrogens (tertiary/aromatic N) is 1. The van der Waals surface area contributed by atoms with E-state index in [-0.39, 0.29) is 11.6 Å². The van der Waals surface area contributed by atoms with Crippen molar-refractivity contribution < 1.29 is 28.2 Å². The minimum absolute atomic E-state index is 0.278. The first-order valence-corrected chi connectivity index (χ1v) is 13.6. The Morgan fingerprint density at radius 1 is 1.14 bits per heavy atom. The highest BCUT2D eigenvalue weighted by Crippen LogP contribution is 2.39. The molecule has 0 radical (unpaired) electrons. The van der Waals surface area contributed by atoms with E-state index in [9.17, 15) is 9.59 Å². The molecule has 8 nitrogen and oxygen atoms in total. The van der Waals surface area contributed by atoms with Crippen molar-refractivity contribution >= 4 is 29.1 Å². The van der Waals surface area contributed by atoms with Crippen LogP contribution in [0.4, 0.5) is 5.69 Å². The Labute approximate surface area is 221 Å². The topological polar surface area (TPSA) is 90.2 Å². The van der Waals surface area contributed by atoms with Crippen LogP contribution in [-0.4, -0.2) is 64.0 Å². The fourth-order valence-electron chi connectivity index (χ4n) is 5.25. The first-order chi connectivity index (χ1) is 17.7. The molecular formula is C29H44N2O6. The number of anilines is 1. The first kappa shape index (κ1) is 29.0. The number of fused-ring (bicyclic) bond motifs is 1. The zero-order valence-electron chi connectivity index (χ0n) is 23.4. The Hall–Kier alpha value is -2.58. The lowest BCUT2D eigenvalue weighted by molar-refractivity contribution is -0.138. The van der Waals surface area contributed by atoms with Gasteiger partial charge in [0.25, 0.3) is 6.47 Å². The maximum Gasteiger partial charge on any atom is 0.338 e. The third-order valence-electron chi connectivity index (χ3n) is 7.10. The third-order valence-corrected chi connectivity index (χ3v) is 7.10. The van der Waals surface area contributed by atoms with Crippen LogP contribution in [0.25, 0.3) is 11.0 Å². The molecule has 8 heteroatoms. The molecule has 0 unspecified atom stereocenters. The SMILES string of the molecule is CC(C)(C)OC=O.CCc1c(N(CC)C2CCOCC2)cc2oc(C3CCNCC3)cc2c1C(=O)OC. The van der Waals surface area contributed by atoms with Gasteiger partial charge in [-0.1, -0.05) is 6.92 Å². The molecule has 206 valence electrons. The maximum absolute atomic E-state index is 12.9. The van der Waals surface area contributed by atoms with Gasteiger partial charge in [-0.25, -0.2) is 4.79 Å². The molecule has 2 aliphatic rings. The molecule has 4 rings (SSSR count). The predicted octanol–water partition coefficient (Wildman–Crippen LogP) is 5.21. The van der Waals surface area contributed by atoms with Crippen molar-refractivity contribution in [3.63, 3.8) is 0 Å². The molecule has 2 fully saturated rings. The molecule has 2 aliphatic heterocycles. The van der Waals surface area contributed by atoms with Crippen LogP contribution in [0.3, 0.4) is 0 Å². The summed E-state index contributed by atoms with van der Waals surface area (Å²) in [6, 6.07) is 4.66. The molecule has 0 aliphatic carbocycles. The third kappa shape index (κ3) is 7.26. The number of esters is 1. The Balaban J connectivity index is 0.000000479. The summed E-state index contributed by atoms with van der Waals surface area (Å²) in [7, 11) is 1.46. The van der Waals surface area contributed by atoms with Gasteiger partial charge in [-0.05, 0) is 84.5 Å². The second-order valence-electron chi connectivity index (χ2n) is 10.6. The molecule has 0 saturated carbocycles. The van der Waals surface area contributed by atoms with Crippen molar-refractivity contribution in [2.24, 2.45) is 0 Å². The molecular weight excluding hydrogens is 472 g/mol. The first-order valence-electron chi connectivity index (χ1n) is 13.6. The van der Waals surface area contributed by atoms with Crippen molar-refractivity contribution in [3.05, 3.63) is 29.0 Å². The number of rotatable bonds is 7. The van der Waals surface area contributed by atoms with E-state index >= 15 is 0 Å². The lowest BCUT2D eigenvalue weighted by Crippen LogP contribution is -2.40. The summed E-state index contributed by atoms with van der Waals surface area (Å²) >= 11 is 0. The minimum Gasteiger partial charge on any atom is -0.465 e. The number of furan rings is 1. The van der Waals surface area contributed by atoms with Gasteiger partial charge in [0.2, 0.25) is 0 Å². The van der Waals surface area contributed by atoms with Crippen LogP contribution in [0.5, 0.6) is 0 Å². The summed E-state index contributed by atoms with van der Waals surface area (Å²) in [5, 5.41) is 4.30. The van der Waals surface area contributed by atoms with E-state index in [1.165, 1.54) is 7.11 Å². The number of methoxy groups -OCH3 is 1. The van der Waals surface area contributed by atoms with Crippen LogP contribution in [0.2, 0.25) is 0 Å². The zero-order chi connectivity index (χ0) is 27.0. The van der Waals surface area contributed by atoms with Gasteiger partial charge in [-0.3, -0.25) is 4.79 Å². The Bertz CT molecular complexity index is 1030. The number of carbonyl (C=O) groups is 2. The Kier molecular flexibility index (Phi) is 10.4. The van der Waals surface area contributed by atoms with E-state index in [1.807, 2.05) is 20.8 Å². The fourth-order valence-corrected chi connectivity index (χ4v) is 5.25. The summed E-state index contributed by atoms with van der Waals surface area (Å²) < 4.78 is 21.7. The van der Waals surface area contributed by atoms with E-state index in [2.05, 4.69) is 40.9 Å². The maximum atomic E-state index is 12.9. The summed E-state index contributed by atoms with van der Waals surface area (Å²) in [5.74, 6) is 1.11. The Morgan fingerprint density at radius 3 is 2.32 bits per heavy atom. The zero-order valence-corrected chi connectivity index (χ0v) is 23.4. The van der Waals surface area contributed by atoms with Crippen molar-refractivity contribution in [1.82, 2.24) is 5.32 Å². The smallest absolute Gasteiger partial charge is 0.338 e. The summed E-state index contributed by atoms with van der Waals surface area (Å²) in [6.45, 7) is 14.7. The molecule has 1 aromatic carbocycles. The quantitative estimate of drug-likeness (QED) is 0.396. The average Bonchev–Trinajstić information content (AvgIpc) is 3.32. The van der Waals surface area contributed by atoms with Gasteiger partial charge in [0.05, 0.1) is 12.7 Å². The standard InChI is InChI=1S/C24H34N2O4.C5H10O2/c1-4-18-20(26(5-2)17-8-12-29-13-9-17)15-22-19(23(18)24(27)28-3)14-21(30-22)16-6-10-25-11-7-16;1-5(2,3)7-4-6/h14-17,25H,4-13H2,1-3H3;4H,1-3H3. The van der Waals surface area contributed by atoms with Crippen molar-refractivity contribution in [2.45, 2.75) is 84.3 Å². The number of hydrogen-bond donors (Lipinski definition) is 1. The van der Waals surface area contributed by atoms with E-state index in [1.54, 1.807) is 0 Å². The number of piperidine rings is 1. The van der Waals surface area contributed by atoms with Crippen LogP contribution in [0.15, 0.2) is 16.5 Å². The number of carbonyl (C=O) groups excluding carboxylic acids is 2. The monoisotopic (exact) mass is 516 g/mol. The van der Waals surface area contributed by atoms with E-state index in [0.717, 1.165) is 92.9 Å². The van der Waals surface area contributed by atoms with Gasteiger partial charge in [0.15, 0.2) is 0 Å². The van der Waals surface area contributed by atoms with Gasteiger partial charge in [0, 0.05) is 48.9 Å². The number of benzene rings is 1. The van der Waals surface area contributed by atoms with Crippen LogP contribution < -0.4 is 10.2 Å². The van der Waals surface area contributed by atoms with Crippen LogP contribution in [0, 0.1) is 0 Å². The van der Waals surface area contributed by atoms with Crippen LogP contribution >= 0.6 is 0 Å². The molecule has 0 bridgehead atoms. The van der Waals surface area contributed by atoms with Gasteiger partial charge in [0.1, 0.15) is 16.9 Å². The molecule has 2 saturated heterocycles. The second kappa shape index (κ2) is 13.3. The normalized spacial score (nSPS) is 17.1. The summed E-state index contributed by atoms with van der Waals surface area (Å²) in [4.78, 5) is 24.9. The van der Waals surface area contributed by atoms with Gasteiger partial charge in [-0.15, -0.1) is 0 Å². The lowest BCUT2D eigenvalue weighted by atomic mass is 9.93. The molecule has 1 N–H and O–H groups in total. The largest absolute Gasteiger partial charge is 0.465 e. The van der Waals surface area contributed by atoms with Crippen LogP contribution in [-0.2, 0) is 25.4 Å². The van der Waals surface area contributed by atoms with Crippen molar-refractivity contribution in [3.8, 4) is 0 Å². The van der Waals surface area contributed by atoms with Gasteiger partial charge in [-0.2, -0.15) is 0 Å². The van der Waals surface area contributed by atoms with E-state index < -0.39 is 0 Å². The summed E-state index contributed by atoms with van der Waals surface area (Å²) in [6.07, 6.45) is 4.89. The van der Waals surface area contributed by atoms with Gasteiger partial charge < -0.3 is 28.8 Å². The molecule has 1 aromatic heterocycles. The molecule has 0 amide bonds. The molecule has 0 atom stereocenters. The number of hydrogen-bond acceptors (Lipinski definition) is 8. The predicted molar refractivity (Wildman–Crippen MR) is 146 cm³/mol. The summed E-state index contributed by atoms with van der Waals surface area (Å²) in [5.41, 5.74) is 3.30. The molecule has 0 spiro atoms.